The number of oxime groups is 1. The smallest absolute Gasteiger partial charge is 0.329 e. The molecule has 4 aliphatic rings. The normalized spacial score (nSPS) is 25.7. The first-order valence-electron chi connectivity index (χ1n) is 46.4. The Morgan fingerprint density at radius 3 is 2.08 bits per heavy atom. The second kappa shape index (κ2) is 53.5. The second-order valence-electron chi connectivity index (χ2n) is 35.8. The molecule has 2 bridgehead atoms. The third-order valence-electron chi connectivity index (χ3n) is 24.3. The van der Waals surface area contributed by atoms with Gasteiger partial charge in [0, 0.05) is 120 Å². The lowest BCUT2D eigenvalue weighted by Gasteiger charge is -2.42. The summed E-state index contributed by atoms with van der Waals surface area (Å²) in [5, 5.41) is 73.8. The number of aryl methyl sites for hydroxylation is 2. The second-order valence-corrected chi connectivity index (χ2v) is 35.8. The van der Waals surface area contributed by atoms with Crippen molar-refractivity contribution in [1.82, 2.24) is 60.6 Å². The molecule has 15 atom stereocenters. The zero-order valence-electron chi connectivity index (χ0n) is 78.3. The maximum Gasteiger partial charge on any atom is 0.329 e. The predicted octanol–water partition coefficient (Wildman–Crippen LogP) is 7.90. The fourth-order valence-corrected chi connectivity index (χ4v) is 16.8. The number of methoxy groups -OCH3 is 2. The number of nitrogens with two attached hydrogens (primary N) is 2. The standard InChI is InChI=1S/C94H143N15O22/c1-60-20-13-12-14-21-61(2)77(121-10)56-70-28-25-65(6)94(120,130-70)88(117)91(118)107-36-17-15-23-76(107)92(119)129-78(57-73(105-131-93(7,8)9)62(3)51-64(5)86(115)87(116)85(114)63(4)50-60)71(95)52-66-26-30-75(79(53-66)122-11)109-58-68(103-106-109)22-19-24-80(111)98-34-40-125-44-48-128-47-43-124-39-32-82(113)99-35-41-126-45-49-127-46-42-123-38-31-81(112)97-33-16-18-37-108-90-83(89(96)100-59-101-90)84(104-108)74-55-67-54-69(110)27-29-72(67)102-74/h12-14,20-21,27,29,51,54-55,58-60,62-63,65-66,70-71,75-79,86-87,102,110,115-116,120H,15-19,22-26,28,30-50,52-53,56-57,95H2,1-11H3,(H,97,112)(H,98,111)(H,99,113)(H2,96,100,101)/b14-12?,20-13+,61-21?,64-51+,105-73-/t60-,62-,63-,65-,66+,70+,71-,75+,76+,77+,78+,79-,86-,87+,94-/m1/s1. The van der Waals surface area contributed by atoms with E-state index in [0.717, 1.165) is 28.6 Å². The topological polar surface area (TPSA) is 496 Å². The lowest BCUT2D eigenvalue weighted by atomic mass is 9.79. The van der Waals surface area contributed by atoms with Gasteiger partial charge in [-0.3, -0.25) is 28.8 Å². The maximum absolute atomic E-state index is 15.1. The molecule has 37 heteroatoms. The number of anilines is 1. The van der Waals surface area contributed by atoms with Gasteiger partial charge < -0.3 is 110 Å². The molecule has 37 nitrogen and oxygen atoms in total. The van der Waals surface area contributed by atoms with E-state index in [1.807, 2.05) is 81.9 Å². The molecule has 4 aromatic heterocycles. The number of nitrogen functional groups attached to an aromatic ring is 1. The van der Waals surface area contributed by atoms with Crippen molar-refractivity contribution in [2.75, 3.05) is 125 Å². The van der Waals surface area contributed by atoms with E-state index < -0.39 is 95.2 Å². The molecule has 131 heavy (non-hydrogen) atoms. The van der Waals surface area contributed by atoms with Gasteiger partial charge in [0.15, 0.2) is 11.4 Å². The number of allylic oxidation sites excluding steroid dienone is 6. The first-order valence-corrected chi connectivity index (χ1v) is 46.4. The number of piperidine rings is 1. The Balaban J connectivity index is 0.631. The highest BCUT2D eigenvalue weighted by molar-refractivity contribution is 6.39. The number of ketones is 2. The number of rotatable bonds is 41. The Morgan fingerprint density at radius 1 is 0.740 bits per heavy atom. The summed E-state index contributed by atoms with van der Waals surface area (Å²) >= 11 is 0. The number of unbranched alkanes of at least 4 members (excludes halogenated alkanes) is 1. The number of amides is 4. The number of aromatic amines is 1. The van der Waals surface area contributed by atoms with Crippen molar-refractivity contribution >= 4 is 74.6 Å². The summed E-state index contributed by atoms with van der Waals surface area (Å²) < 4.78 is 62.0. The summed E-state index contributed by atoms with van der Waals surface area (Å²) in [4.78, 5) is 115. The van der Waals surface area contributed by atoms with E-state index in [0.29, 0.717) is 203 Å². The summed E-state index contributed by atoms with van der Waals surface area (Å²) in [6.07, 6.45) is 16.4. The van der Waals surface area contributed by atoms with Crippen LogP contribution in [0.5, 0.6) is 5.75 Å². The number of hydrogen-bond donors (Lipinski definition) is 10. The maximum atomic E-state index is 15.1. The molecule has 0 radical (unpaired) electrons. The van der Waals surface area contributed by atoms with Crippen molar-refractivity contribution in [2.24, 2.45) is 40.5 Å². The fourth-order valence-electron chi connectivity index (χ4n) is 16.8. The van der Waals surface area contributed by atoms with Crippen LogP contribution in [-0.2, 0) is 98.7 Å². The number of Topliss-reactive ketones (excluding diaryl/α,β-unsaturated/α-hetero) is 2. The molecule has 1 aliphatic carbocycles. The zero-order valence-corrected chi connectivity index (χ0v) is 78.3. The molecular formula is C94H143N15O22. The van der Waals surface area contributed by atoms with Gasteiger partial charge in [0.25, 0.3) is 11.7 Å². The van der Waals surface area contributed by atoms with Gasteiger partial charge in [-0.1, -0.05) is 74.5 Å². The number of aromatic nitrogens is 8. The van der Waals surface area contributed by atoms with Gasteiger partial charge >= 0.3 is 5.97 Å². The molecule has 7 heterocycles. The minimum Gasteiger partial charge on any atom is -0.508 e. The van der Waals surface area contributed by atoms with E-state index in [4.69, 9.17) is 68.8 Å². The number of cyclic esters (lactones) is 1. The molecular weight excluding hydrogens is 1690 g/mol. The number of nitrogens with one attached hydrogen (secondary N) is 4. The quantitative estimate of drug-likeness (QED) is 0.00584. The number of phenols is 1. The molecule has 0 unspecified atom stereocenters. The molecule has 5 aromatic rings. The van der Waals surface area contributed by atoms with Crippen molar-refractivity contribution in [1.29, 1.82) is 0 Å². The van der Waals surface area contributed by atoms with Crippen LogP contribution in [0.15, 0.2) is 89.5 Å². The number of fused-ring (bicyclic) bond motifs is 5. The number of nitrogens with zero attached hydrogens (tertiary/aromatic N) is 9. The monoisotopic (exact) mass is 1830 g/mol. The molecule has 3 fully saturated rings. The van der Waals surface area contributed by atoms with Crippen LogP contribution >= 0.6 is 0 Å². The minimum atomic E-state index is -2.50. The van der Waals surface area contributed by atoms with Gasteiger partial charge in [-0.05, 0) is 172 Å². The van der Waals surface area contributed by atoms with Gasteiger partial charge in [0.2, 0.25) is 23.5 Å². The number of hydrogen-bond acceptors (Lipinski definition) is 30. The number of aliphatic hydroxyl groups excluding tert-OH is 2. The number of esters is 1. The van der Waals surface area contributed by atoms with Crippen molar-refractivity contribution < 1.29 is 106 Å². The Morgan fingerprint density at radius 2 is 1.40 bits per heavy atom. The highest BCUT2D eigenvalue weighted by Crippen LogP contribution is 2.40. The lowest BCUT2D eigenvalue weighted by molar-refractivity contribution is -0.265. The summed E-state index contributed by atoms with van der Waals surface area (Å²) in [6.45, 7) is 21.6. The van der Waals surface area contributed by atoms with Crippen molar-refractivity contribution in [2.45, 2.75) is 257 Å². The van der Waals surface area contributed by atoms with Gasteiger partial charge in [-0.25, -0.2) is 24.1 Å². The number of aromatic hydroxyl groups is 1. The van der Waals surface area contributed by atoms with Gasteiger partial charge in [-0.2, -0.15) is 5.10 Å². The van der Waals surface area contributed by atoms with Gasteiger partial charge in [-0.15, -0.1) is 5.10 Å². The predicted molar refractivity (Wildman–Crippen MR) is 490 cm³/mol. The Hall–Kier alpha value is -9.35. The number of carbonyl (C=O) groups excluding carboxylic acids is 7. The number of ether oxygens (including phenoxy) is 10. The number of H-pyrrole nitrogens is 1. The summed E-state index contributed by atoms with van der Waals surface area (Å²) in [7, 11) is 3.20. The summed E-state index contributed by atoms with van der Waals surface area (Å²) in [5.74, 6) is -8.15. The van der Waals surface area contributed by atoms with Gasteiger partial charge in [0.1, 0.15) is 53.5 Å². The molecule has 4 amide bonds. The molecule has 12 N–H and O–H groups in total. The van der Waals surface area contributed by atoms with Crippen molar-refractivity contribution in [3.63, 3.8) is 0 Å². The first kappa shape index (κ1) is 105. The molecule has 3 aliphatic heterocycles. The van der Waals surface area contributed by atoms with Gasteiger partial charge in [0.05, 0.1) is 126 Å². The van der Waals surface area contributed by atoms with Crippen LogP contribution in [0.1, 0.15) is 190 Å². The fraction of sp³-hybridized carbons (Fsp3) is 0.670. The molecule has 726 valence electrons. The first-order chi connectivity index (χ1) is 62.8. The van der Waals surface area contributed by atoms with Crippen LogP contribution < -0.4 is 27.4 Å². The van der Waals surface area contributed by atoms with Crippen LogP contribution in [0.4, 0.5) is 5.82 Å². The summed E-state index contributed by atoms with van der Waals surface area (Å²) in [5.41, 5.74) is 17.8. The number of benzene rings is 1. The lowest BCUT2D eigenvalue weighted by Crippen LogP contribution is -2.61. The molecule has 1 aromatic carbocycles. The molecule has 2 saturated heterocycles. The van der Waals surface area contributed by atoms with E-state index in [2.05, 4.69) is 46.4 Å². The van der Waals surface area contributed by atoms with Crippen LogP contribution in [0.2, 0.25) is 0 Å². The zero-order chi connectivity index (χ0) is 94.6. The van der Waals surface area contributed by atoms with E-state index in [9.17, 15) is 49.2 Å². The molecule has 1 saturated carbocycles. The SMILES string of the molecule is CO[C@H]1C[C@@H]2CC[C@@H](C)[C@@](O)(O2)C(=O)C(=O)N2CCCC[C@H]2C(=O)O[C@H]([C@H](N)C[C@@H]2CC[C@H](n3cc(CCCC(=O)NCCOCCOCCOCCC(=O)NCCOCCOCCOCCC(=O)NCCCCn4nc(-c5cc6cc(O)ccc6[nH]5)c5c(N)ncnc54)nn3)[C@H](OC)C2)C/C(=N/OC(C)(C)C)[C@H](C)/C=C(\C)[C@@H](O)[C@@H](O)C(=O)[C@H](C)C[C@H](C)/C=C/C=CC=C1C. The van der Waals surface area contributed by atoms with Crippen LogP contribution in [0.3, 0.4) is 0 Å². The average molecular weight is 1840 g/mol. The van der Waals surface area contributed by atoms with Crippen LogP contribution in [0.25, 0.3) is 33.3 Å². The average Bonchev–Trinajstić information content (AvgIpc) is 1.58. The number of phenolic OH excluding ortho intramolecular Hbond substituents is 1. The Kier molecular flexibility index (Phi) is 43.0. The Labute approximate surface area is 768 Å². The molecule has 9 rings (SSSR count). The van der Waals surface area contributed by atoms with Crippen LogP contribution in [0, 0.1) is 29.6 Å². The molecule has 0 spiro atoms. The Bertz CT molecular complexity index is 4620. The third-order valence-corrected chi connectivity index (χ3v) is 24.3. The van der Waals surface area contributed by atoms with Crippen LogP contribution in [-0.4, -0.2) is 292 Å². The van der Waals surface area contributed by atoms with E-state index in [1.165, 1.54) is 11.2 Å². The van der Waals surface area contributed by atoms with Crippen molar-refractivity contribution in [3.05, 3.63) is 90.1 Å². The van der Waals surface area contributed by atoms with Crippen molar-refractivity contribution in [3.8, 4) is 17.1 Å². The third kappa shape index (κ3) is 33.1. The van der Waals surface area contributed by atoms with E-state index in [1.54, 1.807) is 70.9 Å². The largest absolute Gasteiger partial charge is 0.508 e. The highest BCUT2D eigenvalue weighted by atomic mass is 16.7. The number of carbonyl (C=O) groups is 7. The summed E-state index contributed by atoms with van der Waals surface area (Å²) in [6, 6.07) is 4.70. The highest BCUT2D eigenvalue weighted by Gasteiger charge is 2.53. The van der Waals surface area contributed by atoms with E-state index in [-0.39, 0.29) is 111 Å². The van der Waals surface area contributed by atoms with E-state index >= 15 is 4.79 Å². The number of aliphatic hydroxyl groups is 3. The minimum absolute atomic E-state index is 0.0288.